The summed E-state index contributed by atoms with van der Waals surface area (Å²) in [5.74, 6) is -1.13. The summed E-state index contributed by atoms with van der Waals surface area (Å²) in [6.45, 7) is 22.7. The van der Waals surface area contributed by atoms with Crippen molar-refractivity contribution in [1.82, 2.24) is 31.9 Å². The van der Waals surface area contributed by atoms with E-state index in [1.807, 2.05) is 0 Å². The molecule has 3 aliphatic rings. The average Bonchev–Trinajstić information content (AvgIpc) is 3.21. The van der Waals surface area contributed by atoms with Crippen LogP contribution in [0.3, 0.4) is 0 Å². The maximum Gasteiger partial charge on any atom is 0.408 e. The molecule has 2 aliphatic heterocycles. The fraction of sp³-hybridized carbons (Fsp3) is 0.875. The molecule has 0 radical (unpaired) electrons. The zero-order valence-corrected chi connectivity index (χ0v) is 47.9. The van der Waals surface area contributed by atoms with E-state index in [-0.39, 0.29) is 25.9 Å². The molecule has 28 nitrogen and oxygen atoms in total. The van der Waals surface area contributed by atoms with Crippen molar-refractivity contribution in [2.24, 2.45) is 0 Å². The van der Waals surface area contributed by atoms with Crippen LogP contribution in [0.25, 0.3) is 0 Å². The Bertz CT molecular complexity index is 2100. The number of alkyl carbamates (subject to hydrolysis) is 5. The molecule has 10 N–H and O–H groups in total. The van der Waals surface area contributed by atoms with Gasteiger partial charge >= 0.3 is 30.5 Å². The van der Waals surface area contributed by atoms with Crippen LogP contribution in [0.5, 0.6) is 0 Å². The van der Waals surface area contributed by atoms with Gasteiger partial charge in [0.15, 0.2) is 12.6 Å². The van der Waals surface area contributed by atoms with Crippen LogP contribution in [0, 0.1) is 0 Å². The summed E-state index contributed by atoms with van der Waals surface area (Å²) in [4.78, 5) is 79.4. The third kappa shape index (κ3) is 24.1. The first-order valence-corrected chi connectivity index (χ1v) is 27.2. The highest BCUT2D eigenvalue weighted by molar-refractivity contribution is 7.86. The highest BCUT2D eigenvalue weighted by Gasteiger charge is 2.55. The number of aliphatic hydroxyl groups is 4. The number of hydrogen-bond donors (Lipinski definition) is 10. The minimum atomic E-state index is -4.70. The molecule has 14 atom stereocenters. The summed E-state index contributed by atoms with van der Waals surface area (Å²) < 4.78 is 85.3. The molecule has 29 heteroatoms. The summed E-state index contributed by atoms with van der Waals surface area (Å²) in [5, 5.41) is 60.0. The summed E-state index contributed by atoms with van der Waals surface area (Å²) in [6.07, 6.45) is -22.4. The summed E-state index contributed by atoms with van der Waals surface area (Å²) in [6, 6.07) is -5.91. The van der Waals surface area contributed by atoms with Gasteiger partial charge in [-0.15, -0.1) is 0 Å². The molecule has 0 spiro atoms. The molecule has 77 heavy (non-hydrogen) atoms. The van der Waals surface area contributed by atoms with E-state index in [4.69, 9.17) is 46.8 Å². The van der Waals surface area contributed by atoms with Gasteiger partial charge < -0.3 is 95.0 Å². The number of nitrogens with one attached hydrogen (secondary N) is 6. The number of carbonyl (C=O) groups excluding carboxylic acids is 6. The molecule has 6 unspecified atom stereocenters. The van der Waals surface area contributed by atoms with E-state index >= 15 is 0 Å². The number of carbonyl (C=O) groups is 6. The molecule has 1 aliphatic carbocycles. The van der Waals surface area contributed by atoms with Crippen molar-refractivity contribution in [3.8, 4) is 0 Å². The standard InChI is InChI=1S/C48H86N6O22S/c1-44(2,3)71-39(60)49-20-19-28(56)36(59)51-26-21-27(53-42(63)74-47(10,11)12)34(69-37-25(52-41(62)73-46(7,8)9)18-17-24(67-37)22-50-40(61)72-45(4,5)6)35(76-77(16,65)66)33(26)70-38-32(58)30(31(57)29(23-55)68-38)54-43(64)75-48(13,14)15/h24-35,37-38,55-58H,17-23H2,1-16H3,(H,49,60)(H,50,61)(H,51,59)(H,52,62)(H,53,63)(H,54,64)/t24?,25?,26-,27-,28+,29?,30+,31-,32?,33+,34?,35?,37-,38-/m1/s1. The average molecular weight is 1130 g/mol. The Morgan fingerprint density at radius 2 is 1.01 bits per heavy atom. The summed E-state index contributed by atoms with van der Waals surface area (Å²) >= 11 is 0. The predicted molar refractivity (Wildman–Crippen MR) is 270 cm³/mol. The van der Waals surface area contributed by atoms with Crippen LogP contribution < -0.4 is 31.9 Å². The molecule has 2 heterocycles. The van der Waals surface area contributed by atoms with Crippen molar-refractivity contribution in [3.05, 3.63) is 0 Å². The Balaban J connectivity index is 2.27. The fourth-order valence-corrected chi connectivity index (χ4v) is 8.61. The smallest absolute Gasteiger partial charge is 0.408 e. The minimum Gasteiger partial charge on any atom is -0.444 e. The van der Waals surface area contributed by atoms with Crippen LogP contribution >= 0.6 is 0 Å². The van der Waals surface area contributed by atoms with Crippen molar-refractivity contribution < 1.29 is 104 Å². The van der Waals surface area contributed by atoms with Gasteiger partial charge in [-0.2, -0.15) is 8.42 Å². The molecule has 446 valence electrons. The van der Waals surface area contributed by atoms with E-state index in [1.165, 1.54) is 0 Å². The third-order valence-electron chi connectivity index (χ3n) is 10.8. The molecule has 3 fully saturated rings. The summed E-state index contributed by atoms with van der Waals surface area (Å²) in [7, 11) is -4.70. The lowest BCUT2D eigenvalue weighted by atomic mass is 9.83. The van der Waals surface area contributed by atoms with Gasteiger partial charge in [-0.1, -0.05) is 0 Å². The van der Waals surface area contributed by atoms with Gasteiger partial charge in [0, 0.05) is 13.1 Å². The van der Waals surface area contributed by atoms with E-state index in [0.717, 1.165) is 0 Å². The molecule has 6 amide bonds. The second-order valence-electron chi connectivity index (χ2n) is 24.0. The molecule has 3 rings (SSSR count). The Hall–Kier alpha value is -4.59. The Morgan fingerprint density at radius 1 is 0.571 bits per heavy atom. The first-order valence-electron chi connectivity index (χ1n) is 25.4. The quantitative estimate of drug-likeness (QED) is 0.0727. The van der Waals surface area contributed by atoms with Crippen LogP contribution in [0.4, 0.5) is 24.0 Å². The first-order chi connectivity index (χ1) is 35.0. The van der Waals surface area contributed by atoms with Gasteiger partial charge in [0.25, 0.3) is 10.1 Å². The minimum absolute atomic E-state index is 0.0807. The molecule has 2 saturated heterocycles. The van der Waals surface area contributed by atoms with Crippen molar-refractivity contribution >= 4 is 46.5 Å². The van der Waals surface area contributed by atoms with Crippen LogP contribution in [0.1, 0.15) is 130 Å². The molecule has 0 aromatic heterocycles. The molecular weight excluding hydrogens is 1040 g/mol. The second-order valence-corrected chi connectivity index (χ2v) is 25.6. The van der Waals surface area contributed by atoms with E-state index in [0.29, 0.717) is 6.26 Å². The van der Waals surface area contributed by atoms with Gasteiger partial charge in [0.2, 0.25) is 5.91 Å². The highest BCUT2D eigenvalue weighted by Crippen LogP contribution is 2.36. The zero-order chi connectivity index (χ0) is 58.8. The Kier molecular flexibility index (Phi) is 23.4. The molecular formula is C48H86N6O22S. The van der Waals surface area contributed by atoms with Gasteiger partial charge in [0.05, 0.1) is 43.1 Å². The van der Waals surface area contributed by atoms with E-state index in [9.17, 15) is 57.6 Å². The maximum absolute atomic E-state index is 14.0. The number of hydrogen-bond acceptors (Lipinski definition) is 22. The predicted octanol–water partition coefficient (Wildman–Crippen LogP) is 1.41. The van der Waals surface area contributed by atoms with E-state index < -0.39 is 180 Å². The summed E-state index contributed by atoms with van der Waals surface area (Å²) in [5.41, 5.74) is -4.90. The normalized spacial score (nSPS) is 28.9. The van der Waals surface area contributed by atoms with Crippen LogP contribution in [0.2, 0.25) is 0 Å². The number of rotatable bonds is 17. The maximum atomic E-state index is 14.0. The Labute approximate surface area is 450 Å². The van der Waals surface area contributed by atoms with Gasteiger partial charge in [-0.05, 0) is 130 Å². The Morgan fingerprint density at radius 3 is 1.49 bits per heavy atom. The van der Waals surface area contributed by atoms with Gasteiger partial charge in [-0.25, -0.2) is 24.0 Å². The van der Waals surface area contributed by atoms with Crippen molar-refractivity contribution in [3.63, 3.8) is 0 Å². The largest absolute Gasteiger partial charge is 0.444 e. The zero-order valence-electron chi connectivity index (χ0n) is 47.1. The van der Waals surface area contributed by atoms with Crippen LogP contribution in [0.15, 0.2) is 0 Å². The molecule has 1 saturated carbocycles. The van der Waals surface area contributed by atoms with E-state index in [2.05, 4.69) is 31.9 Å². The molecule has 0 aromatic rings. The third-order valence-corrected chi connectivity index (χ3v) is 11.4. The lowest BCUT2D eigenvalue weighted by molar-refractivity contribution is -0.314. The molecule has 0 aromatic carbocycles. The van der Waals surface area contributed by atoms with Gasteiger partial charge in [-0.3, -0.25) is 8.98 Å². The lowest BCUT2D eigenvalue weighted by Crippen LogP contribution is -2.71. The van der Waals surface area contributed by atoms with E-state index in [1.54, 1.807) is 104 Å². The monoisotopic (exact) mass is 1130 g/mol. The second kappa shape index (κ2) is 27.0. The molecule has 0 bridgehead atoms. The highest BCUT2D eigenvalue weighted by atomic mass is 32.2. The van der Waals surface area contributed by atoms with Crippen LogP contribution in [-0.2, 0) is 61.7 Å². The lowest BCUT2D eigenvalue weighted by Gasteiger charge is -2.50. The van der Waals surface area contributed by atoms with Crippen molar-refractivity contribution in [1.29, 1.82) is 0 Å². The SMILES string of the molecule is CC(C)(C)OC(=O)NCC[C@H](O)C(=O)N[C@@H]1C[C@@H](NC(=O)OC(C)(C)C)C(O[C@H]2OC(CNC(=O)OC(C)(C)C)CCC2NC(=O)OC(C)(C)C)C(OS(C)(=O)=O)[C@H]1O[C@H]1OC(CO)[C@@H](O)[C@H](NC(=O)OC(C)(C)C)C1O. The van der Waals surface area contributed by atoms with Crippen molar-refractivity contribution in [2.75, 3.05) is 26.0 Å². The van der Waals surface area contributed by atoms with Gasteiger partial charge in [0.1, 0.15) is 70.7 Å². The van der Waals surface area contributed by atoms with Crippen LogP contribution in [-0.4, -0.2) is 205 Å². The topological polar surface area (TPSA) is 382 Å². The van der Waals surface area contributed by atoms with Crippen molar-refractivity contribution in [2.45, 2.75) is 243 Å². The number of ether oxygens (including phenoxy) is 9. The number of amides is 6. The number of aliphatic hydroxyl groups excluding tert-OH is 4. The first kappa shape index (κ1) is 66.7. The fourth-order valence-electron chi connectivity index (χ4n) is 7.98.